The number of anilines is 1. The van der Waals surface area contributed by atoms with Crippen LogP contribution >= 0.6 is 11.3 Å². The zero-order valence-electron chi connectivity index (χ0n) is 12.3. The van der Waals surface area contributed by atoms with Gasteiger partial charge in [-0.25, -0.2) is 14.9 Å². The molecule has 0 bridgehead atoms. The van der Waals surface area contributed by atoms with Gasteiger partial charge >= 0.3 is 0 Å². The van der Waals surface area contributed by atoms with E-state index in [1.165, 1.54) is 5.06 Å². The van der Waals surface area contributed by atoms with E-state index in [9.17, 15) is 9.59 Å². The summed E-state index contributed by atoms with van der Waals surface area (Å²) in [6.45, 7) is 0.918. The maximum atomic E-state index is 12.6. The fraction of sp³-hybridized carbons (Fsp3) is 0.312. The Bertz CT molecular complexity index is 734. The van der Waals surface area contributed by atoms with Crippen LogP contribution in [-0.2, 0) is 20.8 Å². The number of hydroxylamine groups is 2. The zero-order valence-corrected chi connectivity index (χ0v) is 13.2. The summed E-state index contributed by atoms with van der Waals surface area (Å²) in [5.41, 5.74) is -0.509. The van der Waals surface area contributed by atoms with Crippen molar-refractivity contribution in [3.05, 3.63) is 46.9 Å². The summed E-state index contributed by atoms with van der Waals surface area (Å²) in [6, 6.07) is 9.36. The summed E-state index contributed by atoms with van der Waals surface area (Å²) in [5, 5.41) is 4.13. The van der Waals surface area contributed by atoms with Gasteiger partial charge in [0.15, 0.2) is 0 Å². The average molecular weight is 329 g/mol. The standard InChI is InChI=1S/C16H15N3O3S/c20-14-16(7-10-18(14)12-4-2-1-3-5-12)15(21)19(22-16)9-6-13-17-8-11-23-13/h1-5,8,11H,6-7,9-10H2/t16-/m1/s1. The third kappa shape index (κ3) is 2.24. The molecule has 6 nitrogen and oxygen atoms in total. The van der Waals surface area contributed by atoms with Crippen LogP contribution in [-0.4, -0.2) is 40.6 Å². The highest BCUT2D eigenvalue weighted by Crippen LogP contribution is 2.39. The third-order valence-electron chi connectivity index (χ3n) is 4.20. The van der Waals surface area contributed by atoms with Crippen molar-refractivity contribution in [2.24, 2.45) is 0 Å². The summed E-state index contributed by atoms with van der Waals surface area (Å²) in [6.07, 6.45) is 2.77. The van der Waals surface area contributed by atoms with Crippen molar-refractivity contribution in [3.63, 3.8) is 0 Å². The Morgan fingerprint density at radius 2 is 2.04 bits per heavy atom. The van der Waals surface area contributed by atoms with Crippen molar-refractivity contribution >= 4 is 28.8 Å². The number of nitrogens with zero attached hydrogens (tertiary/aromatic N) is 3. The van der Waals surface area contributed by atoms with E-state index in [1.807, 2.05) is 35.7 Å². The molecule has 0 aliphatic carbocycles. The van der Waals surface area contributed by atoms with Gasteiger partial charge < -0.3 is 4.90 Å². The highest BCUT2D eigenvalue weighted by molar-refractivity contribution is 7.09. The molecule has 2 aliphatic heterocycles. The molecular weight excluding hydrogens is 314 g/mol. The number of hydrogen-bond acceptors (Lipinski definition) is 5. The Labute approximate surface area is 137 Å². The molecule has 0 radical (unpaired) electrons. The first-order valence-electron chi connectivity index (χ1n) is 7.47. The first-order chi connectivity index (χ1) is 11.2. The average Bonchev–Trinajstić information content (AvgIpc) is 3.21. The molecule has 2 amide bonds. The van der Waals surface area contributed by atoms with Crippen molar-refractivity contribution < 1.29 is 14.4 Å². The Morgan fingerprint density at radius 1 is 1.22 bits per heavy atom. The second-order valence-electron chi connectivity index (χ2n) is 5.54. The summed E-state index contributed by atoms with van der Waals surface area (Å²) in [7, 11) is 0. The van der Waals surface area contributed by atoms with Gasteiger partial charge in [-0.05, 0) is 12.1 Å². The van der Waals surface area contributed by atoms with E-state index in [4.69, 9.17) is 4.84 Å². The minimum Gasteiger partial charge on any atom is -0.309 e. The summed E-state index contributed by atoms with van der Waals surface area (Å²) >= 11 is 1.54. The lowest BCUT2D eigenvalue weighted by Gasteiger charge is -2.43. The predicted octanol–water partition coefficient (Wildman–Crippen LogP) is 1.64. The summed E-state index contributed by atoms with van der Waals surface area (Å²) in [5.74, 6) is -0.503. The van der Waals surface area contributed by atoms with Gasteiger partial charge in [-0.1, -0.05) is 18.2 Å². The molecule has 1 aromatic carbocycles. The van der Waals surface area contributed by atoms with Gasteiger partial charge in [-0.15, -0.1) is 11.3 Å². The van der Waals surface area contributed by atoms with Crippen molar-refractivity contribution in [1.29, 1.82) is 0 Å². The number of aromatic nitrogens is 1. The third-order valence-corrected chi connectivity index (χ3v) is 5.04. The molecule has 1 atom stereocenters. The quantitative estimate of drug-likeness (QED) is 0.800. The highest BCUT2D eigenvalue weighted by atomic mass is 32.1. The van der Waals surface area contributed by atoms with Crippen LogP contribution in [0, 0.1) is 0 Å². The molecule has 4 rings (SSSR count). The number of para-hydroxylation sites is 1. The molecule has 23 heavy (non-hydrogen) atoms. The number of rotatable bonds is 4. The fourth-order valence-corrected chi connectivity index (χ4v) is 3.59. The molecule has 0 unspecified atom stereocenters. The van der Waals surface area contributed by atoms with Gasteiger partial charge in [0.05, 0.1) is 11.6 Å². The van der Waals surface area contributed by atoms with Gasteiger partial charge in [0.2, 0.25) is 0 Å². The summed E-state index contributed by atoms with van der Waals surface area (Å²) < 4.78 is 0. The smallest absolute Gasteiger partial charge is 0.291 e. The Morgan fingerprint density at radius 3 is 2.74 bits per heavy atom. The molecule has 2 fully saturated rings. The molecular formula is C16H15N3O3S. The van der Waals surface area contributed by atoms with Crippen LogP contribution in [0.1, 0.15) is 11.4 Å². The van der Waals surface area contributed by atoms with Crippen molar-refractivity contribution in [1.82, 2.24) is 10.0 Å². The van der Waals surface area contributed by atoms with E-state index in [0.29, 0.717) is 25.9 Å². The van der Waals surface area contributed by atoms with Crippen molar-refractivity contribution in [2.75, 3.05) is 18.0 Å². The second-order valence-corrected chi connectivity index (χ2v) is 6.52. The van der Waals surface area contributed by atoms with E-state index >= 15 is 0 Å². The SMILES string of the molecule is O=C1N(CCc2nccs2)O[C@@]12CCN(c1ccccc1)C2=O. The molecule has 2 aliphatic rings. The largest absolute Gasteiger partial charge is 0.309 e. The van der Waals surface area contributed by atoms with E-state index in [2.05, 4.69) is 4.98 Å². The molecule has 2 aromatic rings. The van der Waals surface area contributed by atoms with Crippen LogP contribution in [0.25, 0.3) is 0 Å². The van der Waals surface area contributed by atoms with Crippen LogP contribution in [0.15, 0.2) is 41.9 Å². The lowest BCUT2D eigenvalue weighted by molar-refractivity contribution is -0.294. The number of hydrogen-bond donors (Lipinski definition) is 0. The topological polar surface area (TPSA) is 62.7 Å². The molecule has 1 aromatic heterocycles. The Balaban J connectivity index is 1.43. The first-order valence-corrected chi connectivity index (χ1v) is 8.35. The van der Waals surface area contributed by atoms with Crippen molar-refractivity contribution in [2.45, 2.75) is 18.4 Å². The van der Waals surface area contributed by atoms with Gasteiger partial charge in [0.1, 0.15) is 0 Å². The lowest BCUT2D eigenvalue weighted by atomic mass is 9.98. The van der Waals surface area contributed by atoms with Crippen LogP contribution in [0.3, 0.4) is 0 Å². The fourth-order valence-electron chi connectivity index (χ4n) is 2.98. The maximum Gasteiger partial charge on any atom is 0.291 e. The Kier molecular flexibility index (Phi) is 3.39. The van der Waals surface area contributed by atoms with E-state index in [-0.39, 0.29) is 11.8 Å². The van der Waals surface area contributed by atoms with E-state index in [0.717, 1.165) is 10.7 Å². The number of amides is 2. The van der Waals surface area contributed by atoms with Crippen LogP contribution in [0.4, 0.5) is 5.69 Å². The number of carbonyl (C=O) groups is 2. The number of thiazole rings is 1. The second kappa shape index (κ2) is 5.43. The van der Waals surface area contributed by atoms with Gasteiger partial charge in [0, 0.05) is 36.7 Å². The zero-order chi connectivity index (χ0) is 15.9. The highest BCUT2D eigenvalue weighted by Gasteiger charge is 2.64. The maximum absolute atomic E-state index is 12.6. The lowest BCUT2D eigenvalue weighted by Crippen LogP contribution is -2.68. The van der Waals surface area contributed by atoms with Gasteiger partial charge in [-0.3, -0.25) is 9.59 Å². The summed E-state index contributed by atoms with van der Waals surface area (Å²) in [4.78, 5) is 36.5. The van der Waals surface area contributed by atoms with Crippen LogP contribution in [0.2, 0.25) is 0 Å². The Hall–Kier alpha value is -2.25. The molecule has 2 saturated heterocycles. The minimum atomic E-state index is -1.31. The van der Waals surface area contributed by atoms with Crippen LogP contribution in [0.5, 0.6) is 0 Å². The van der Waals surface area contributed by atoms with Crippen molar-refractivity contribution in [3.8, 4) is 0 Å². The van der Waals surface area contributed by atoms with Crippen LogP contribution < -0.4 is 4.90 Å². The molecule has 0 saturated carbocycles. The van der Waals surface area contributed by atoms with E-state index < -0.39 is 5.60 Å². The monoisotopic (exact) mass is 329 g/mol. The minimum absolute atomic E-state index is 0.238. The molecule has 3 heterocycles. The van der Waals surface area contributed by atoms with E-state index in [1.54, 1.807) is 22.4 Å². The molecule has 0 N–H and O–H groups in total. The molecule has 1 spiro atoms. The van der Waals surface area contributed by atoms with Gasteiger partial charge in [-0.2, -0.15) is 0 Å². The predicted molar refractivity (Wildman–Crippen MR) is 84.8 cm³/mol. The normalized spacial score (nSPS) is 23.7. The first kappa shape index (κ1) is 14.3. The van der Waals surface area contributed by atoms with Gasteiger partial charge in [0.25, 0.3) is 17.4 Å². The molecule has 118 valence electrons. The number of carbonyl (C=O) groups excluding carboxylic acids is 2. The number of benzene rings is 1. The molecule has 7 heteroatoms.